The van der Waals surface area contributed by atoms with E-state index >= 15 is 0 Å². The van der Waals surface area contributed by atoms with Crippen molar-refractivity contribution in [3.63, 3.8) is 0 Å². The molecule has 1 aromatic heterocycles. The molecule has 0 bridgehead atoms. The largest absolute Gasteiger partial charge is 0.490 e. The first-order chi connectivity index (χ1) is 9.08. The maximum Gasteiger partial charge on any atom is 0.129 e. The summed E-state index contributed by atoms with van der Waals surface area (Å²) in [6, 6.07) is 8.92. The van der Waals surface area contributed by atoms with Crippen LogP contribution in [-0.2, 0) is 6.54 Å². The van der Waals surface area contributed by atoms with Crippen molar-refractivity contribution in [1.82, 2.24) is 9.88 Å². The summed E-state index contributed by atoms with van der Waals surface area (Å²) < 4.78 is 8.13. The van der Waals surface area contributed by atoms with E-state index < -0.39 is 0 Å². The second-order valence-electron chi connectivity index (χ2n) is 5.47. The van der Waals surface area contributed by atoms with Crippen molar-refractivity contribution in [1.29, 1.82) is 0 Å². The summed E-state index contributed by atoms with van der Waals surface area (Å²) in [4.78, 5) is 0. The van der Waals surface area contributed by atoms with Gasteiger partial charge in [-0.05, 0) is 32.0 Å². The Hall–Kier alpha value is -1.48. The van der Waals surface area contributed by atoms with E-state index in [1.807, 2.05) is 6.07 Å². The van der Waals surface area contributed by atoms with Crippen molar-refractivity contribution in [3.05, 3.63) is 30.5 Å². The number of nitrogens with one attached hydrogen (secondary N) is 1. The maximum atomic E-state index is 5.85. The minimum absolute atomic E-state index is 0.205. The Balaban J connectivity index is 2.18. The molecule has 0 aliphatic heterocycles. The molecule has 0 aliphatic carbocycles. The summed E-state index contributed by atoms with van der Waals surface area (Å²) in [5, 5.41) is 4.64. The molecule has 19 heavy (non-hydrogen) atoms. The highest BCUT2D eigenvalue weighted by Gasteiger charge is 2.07. The highest BCUT2D eigenvalue weighted by atomic mass is 16.5. The zero-order valence-electron chi connectivity index (χ0n) is 12.3. The quantitative estimate of drug-likeness (QED) is 0.861. The number of nitrogens with zero attached hydrogens (tertiary/aromatic N) is 1. The third kappa shape index (κ3) is 3.51. The van der Waals surface area contributed by atoms with Gasteiger partial charge in [0.1, 0.15) is 5.75 Å². The summed E-state index contributed by atoms with van der Waals surface area (Å²) in [7, 11) is 0. The number of benzene rings is 1. The normalized spacial score (nSPS) is 11.7. The van der Waals surface area contributed by atoms with Crippen LogP contribution in [0.15, 0.2) is 30.5 Å². The Morgan fingerprint density at radius 2 is 1.95 bits per heavy atom. The number of rotatable bonds is 6. The molecule has 1 heterocycles. The molecule has 1 N–H and O–H groups in total. The van der Waals surface area contributed by atoms with Gasteiger partial charge in [-0.1, -0.05) is 19.9 Å². The molecule has 0 saturated heterocycles. The molecule has 1 aromatic carbocycles. The minimum atomic E-state index is 0.205. The number of hydrogen-bond acceptors (Lipinski definition) is 2. The van der Waals surface area contributed by atoms with Gasteiger partial charge in [-0.15, -0.1) is 0 Å². The predicted molar refractivity (Wildman–Crippen MR) is 80.8 cm³/mol. The van der Waals surface area contributed by atoms with Gasteiger partial charge in [0.2, 0.25) is 0 Å². The predicted octanol–water partition coefficient (Wildman–Crippen LogP) is 3.43. The molecule has 0 aliphatic rings. The summed E-state index contributed by atoms with van der Waals surface area (Å²) in [6.45, 7) is 10.4. The van der Waals surface area contributed by atoms with Crippen molar-refractivity contribution < 1.29 is 4.74 Å². The van der Waals surface area contributed by atoms with Crippen LogP contribution in [0.25, 0.3) is 10.9 Å². The van der Waals surface area contributed by atoms with Crippen LogP contribution in [0.5, 0.6) is 5.75 Å². The van der Waals surface area contributed by atoms with Crippen LogP contribution < -0.4 is 10.1 Å². The lowest BCUT2D eigenvalue weighted by Crippen LogP contribution is -2.26. The van der Waals surface area contributed by atoms with Crippen LogP contribution >= 0.6 is 0 Å². The van der Waals surface area contributed by atoms with Gasteiger partial charge in [0.25, 0.3) is 0 Å². The van der Waals surface area contributed by atoms with Gasteiger partial charge in [-0.2, -0.15) is 0 Å². The number of fused-ring (bicyclic) bond motifs is 1. The van der Waals surface area contributed by atoms with Crippen molar-refractivity contribution >= 4 is 10.9 Å². The SMILES string of the molecule is CC(C)NCCn1ccc2c(OC(C)C)cccc21. The standard InChI is InChI=1S/C16H24N2O/c1-12(2)17-9-11-18-10-8-14-15(18)6-5-7-16(14)19-13(3)4/h5-8,10,12-13,17H,9,11H2,1-4H3. The zero-order valence-corrected chi connectivity index (χ0v) is 12.3. The fourth-order valence-corrected chi connectivity index (χ4v) is 2.22. The van der Waals surface area contributed by atoms with E-state index in [-0.39, 0.29) is 6.10 Å². The molecule has 2 aromatic rings. The summed E-state index contributed by atoms with van der Waals surface area (Å²) in [5.41, 5.74) is 1.24. The number of hydrogen-bond donors (Lipinski definition) is 1. The van der Waals surface area contributed by atoms with E-state index in [2.05, 4.69) is 62.0 Å². The fourth-order valence-electron chi connectivity index (χ4n) is 2.22. The smallest absolute Gasteiger partial charge is 0.129 e. The van der Waals surface area contributed by atoms with Gasteiger partial charge >= 0.3 is 0 Å². The molecular formula is C16H24N2O. The first kappa shape index (κ1) is 13.9. The molecular weight excluding hydrogens is 236 g/mol. The van der Waals surface area contributed by atoms with Crippen LogP contribution in [0.2, 0.25) is 0 Å². The van der Waals surface area contributed by atoms with Gasteiger partial charge < -0.3 is 14.6 Å². The van der Waals surface area contributed by atoms with E-state index in [1.165, 1.54) is 10.9 Å². The van der Waals surface area contributed by atoms with Crippen LogP contribution in [-0.4, -0.2) is 23.3 Å². The highest BCUT2D eigenvalue weighted by molar-refractivity contribution is 5.86. The van der Waals surface area contributed by atoms with E-state index in [0.717, 1.165) is 18.8 Å². The van der Waals surface area contributed by atoms with Gasteiger partial charge in [-0.25, -0.2) is 0 Å². The Kier molecular flexibility index (Phi) is 4.48. The van der Waals surface area contributed by atoms with Crippen molar-refractivity contribution in [2.45, 2.75) is 46.4 Å². The first-order valence-corrected chi connectivity index (χ1v) is 7.06. The van der Waals surface area contributed by atoms with Crippen LogP contribution in [0.1, 0.15) is 27.7 Å². The second-order valence-corrected chi connectivity index (χ2v) is 5.47. The van der Waals surface area contributed by atoms with E-state index in [4.69, 9.17) is 4.74 Å². The van der Waals surface area contributed by atoms with Gasteiger partial charge in [0, 0.05) is 30.7 Å². The van der Waals surface area contributed by atoms with E-state index in [1.54, 1.807) is 0 Å². The zero-order chi connectivity index (χ0) is 13.8. The van der Waals surface area contributed by atoms with Crippen molar-refractivity contribution in [2.75, 3.05) is 6.54 Å². The average Bonchev–Trinajstić information content (AvgIpc) is 2.73. The van der Waals surface area contributed by atoms with E-state index in [0.29, 0.717) is 6.04 Å². The second kappa shape index (κ2) is 6.11. The Bertz CT molecular complexity index is 529. The molecule has 3 nitrogen and oxygen atoms in total. The molecule has 0 radical (unpaired) electrons. The third-order valence-electron chi connectivity index (χ3n) is 3.04. The molecule has 0 atom stereocenters. The van der Waals surface area contributed by atoms with Gasteiger partial charge in [0.05, 0.1) is 11.6 Å². The highest BCUT2D eigenvalue weighted by Crippen LogP contribution is 2.27. The minimum Gasteiger partial charge on any atom is -0.490 e. The summed E-state index contributed by atoms with van der Waals surface area (Å²) in [5.74, 6) is 0.975. The Morgan fingerprint density at radius 3 is 2.63 bits per heavy atom. The van der Waals surface area contributed by atoms with Crippen LogP contribution in [0.3, 0.4) is 0 Å². The molecule has 0 saturated carbocycles. The lowest BCUT2D eigenvalue weighted by atomic mass is 10.2. The molecule has 0 spiro atoms. The van der Waals surface area contributed by atoms with Gasteiger partial charge in [0.15, 0.2) is 0 Å². The number of ether oxygens (including phenoxy) is 1. The first-order valence-electron chi connectivity index (χ1n) is 7.06. The number of aromatic nitrogens is 1. The van der Waals surface area contributed by atoms with Crippen molar-refractivity contribution in [3.8, 4) is 5.75 Å². The van der Waals surface area contributed by atoms with Gasteiger partial charge in [-0.3, -0.25) is 0 Å². The molecule has 0 amide bonds. The molecule has 0 unspecified atom stereocenters. The molecule has 2 rings (SSSR count). The molecule has 0 fully saturated rings. The van der Waals surface area contributed by atoms with E-state index in [9.17, 15) is 0 Å². The van der Waals surface area contributed by atoms with Crippen molar-refractivity contribution in [2.24, 2.45) is 0 Å². The average molecular weight is 260 g/mol. The topological polar surface area (TPSA) is 26.2 Å². The summed E-state index contributed by atoms with van der Waals surface area (Å²) in [6.07, 6.45) is 2.34. The lowest BCUT2D eigenvalue weighted by Gasteiger charge is -2.12. The Labute approximate surface area is 115 Å². The third-order valence-corrected chi connectivity index (χ3v) is 3.04. The molecule has 104 valence electrons. The van der Waals surface area contributed by atoms with Crippen LogP contribution in [0, 0.1) is 0 Å². The monoisotopic (exact) mass is 260 g/mol. The lowest BCUT2D eigenvalue weighted by molar-refractivity contribution is 0.245. The fraction of sp³-hybridized carbons (Fsp3) is 0.500. The summed E-state index contributed by atoms with van der Waals surface area (Å²) >= 11 is 0. The maximum absolute atomic E-state index is 5.85. The van der Waals surface area contributed by atoms with Crippen LogP contribution in [0.4, 0.5) is 0 Å². The Morgan fingerprint density at radius 1 is 1.16 bits per heavy atom. The molecule has 3 heteroatoms.